The quantitative estimate of drug-likeness (QED) is 0.680. The molecule has 0 aromatic heterocycles. The van der Waals surface area contributed by atoms with Crippen LogP contribution >= 0.6 is 26.6 Å². The van der Waals surface area contributed by atoms with E-state index in [1.807, 2.05) is 0 Å². The topological polar surface area (TPSA) is 63.7 Å². The average Bonchev–Trinajstić information content (AvgIpc) is 2.68. The number of halogens is 5. The van der Waals surface area contributed by atoms with E-state index in [0.717, 1.165) is 12.1 Å². The summed E-state index contributed by atoms with van der Waals surface area (Å²) in [6, 6.07) is 3.48. The third-order valence-corrected chi connectivity index (χ3v) is 5.00. The van der Waals surface area contributed by atoms with Crippen LogP contribution in [0.3, 0.4) is 0 Å². The first-order valence-electron chi connectivity index (χ1n) is 6.22. The van der Waals surface area contributed by atoms with E-state index in [-0.39, 0.29) is 24.4 Å². The summed E-state index contributed by atoms with van der Waals surface area (Å²) in [5.41, 5.74) is 0.172. The van der Waals surface area contributed by atoms with Crippen LogP contribution in [0.15, 0.2) is 22.7 Å². The van der Waals surface area contributed by atoms with E-state index in [0.29, 0.717) is 4.47 Å². The second kappa shape index (κ2) is 6.48. The van der Waals surface area contributed by atoms with Gasteiger partial charge in [0, 0.05) is 40.1 Å². The second-order valence-electron chi connectivity index (χ2n) is 4.94. The Morgan fingerprint density at radius 1 is 1.39 bits per heavy atom. The Bertz CT molecular complexity index is 726. The van der Waals surface area contributed by atoms with Gasteiger partial charge in [0.05, 0.1) is 11.4 Å². The zero-order valence-corrected chi connectivity index (χ0v) is 14.5. The van der Waals surface area contributed by atoms with Crippen molar-refractivity contribution in [2.24, 2.45) is 5.92 Å². The van der Waals surface area contributed by atoms with Crippen LogP contribution in [0.5, 0.6) is 5.75 Å². The summed E-state index contributed by atoms with van der Waals surface area (Å²) in [7, 11) is 1.40. The van der Waals surface area contributed by atoms with Crippen molar-refractivity contribution in [3.05, 3.63) is 22.7 Å². The largest absolute Gasteiger partial charge is 0.573 e. The monoisotopic (exact) mass is 435 g/mol. The zero-order chi connectivity index (χ0) is 17.4. The lowest BCUT2D eigenvalue weighted by molar-refractivity contribution is -0.274. The maximum atomic E-state index is 12.3. The second-order valence-corrected chi connectivity index (χ2v) is 8.62. The van der Waals surface area contributed by atoms with E-state index in [1.54, 1.807) is 0 Å². The molecule has 1 saturated heterocycles. The molecule has 0 radical (unpaired) electrons. The minimum absolute atomic E-state index is 0.0405. The molecule has 0 N–H and O–H groups in total. The lowest BCUT2D eigenvalue weighted by Crippen LogP contribution is -2.26. The highest BCUT2D eigenvalue weighted by atomic mass is 79.9. The molecule has 2 rings (SSSR count). The van der Waals surface area contributed by atoms with Crippen molar-refractivity contribution in [1.29, 1.82) is 0 Å². The molecule has 1 aliphatic rings. The van der Waals surface area contributed by atoms with Crippen LogP contribution in [-0.4, -0.2) is 33.0 Å². The zero-order valence-electron chi connectivity index (χ0n) is 11.3. The fourth-order valence-corrected chi connectivity index (χ4v) is 4.09. The van der Waals surface area contributed by atoms with Gasteiger partial charge in [-0.3, -0.25) is 4.79 Å². The molecule has 1 fully saturated rings. The SMILES string of the molecule is O=C1CC(CS(=O)(=O)Cl)CN1c1cc(OC(F)(F)F)ccc1Br. The first-order chi connectivity index (χ1) is 10.4. The Kier molecular flexibility index (Phi) is 5.17. The van der Waals surface area contributed by atoms with Gasteiger partial charge >= 0.3 is 6.36 Å². The Morgan fingerprint density at radius 3 is 2.61 bits per heavy atom. The molecule has 1 heterocycles. The first kappa shape index (κ1) is 18.3. The van der Waals surface area contributed by atoms with Crippen molar-refractivity contribution < 1.29 is 31.1 Å². The summed E-state index contributed by atoms with van der Waals surface area (Å²) in [6.07, 6.45) is -4.90. The number of alkyl halides is 3. The predicted octanol–water partition coefficient (Wildman–Crippen LogP) is 3.27. The van der Waals surface area contributed by atoms with Gasteiger partial charge in [-0.2, -0.15) is 0 Å². The van der Waals surface area contributed by atoms with Crippen molar-refractivity contribution in [1.82, 2.24) is 0 Å². The smallest absolute Gasteiger partial charge is 0.406 e. The van der Waals surface area contributed by atoms with E-state index in [1.165, 1.54) is 11.0 Å². The van der Waals surface area contributed by atoms with Gasteiger partial charge in [0.1, 0.15) is 5.75 Å². The summed E-state index contributed by atoms with van der Waals surface area (Å²) < 4.78 is 63.2. The lowest BCUT2D eigenvalue weighted by atomic mass is 10.1. The standard InChI is InChI=1S/C12H10BrClF3NO4S/c13-9-2-1-8(22-12(15,16)17)4-10(9)18-5-7(3-11(18)19)6-23(14,20)21/h1-2,4,7H,3,5-6H2. The molecule has 0 aliphatic carbocycles. The molecular formula is C12H10BrClF3NO4S. The van der Waals surface area contributed by atoms with Gasteiger partial charge in [0.25, 0.3) is 0 Å². The maximum absolute atomic E-state index is 12.3. The van der Waals surface area contributed by atoms with Gasteiger partial charge in [-0.05, 0) is 28.1 Å². The summed E-state index contributed by atoms with van der Waals surface area (Å²) in [5, 5.41) is 0. The normalized spacial score (nSPS) is 19.3. The maximum Gasteiger partial charge on any atom is 0.573 e. The fourth-order valence-electron chi connectivity index (χ4n) is 2.30. The Labute approximate surface area is 142 Å². The molecule has 1 aromatic rings. The van der Waals surface area contributed by atoms with Crippen LogP contribution in [0, 0.1) is 5.92 Å². The molecule has 0 spiro atoms. The van der Waals surface area contributed by atoms with Crippen molar-refractivity contribution in [3.8, 4) is 5.75 Å². The molecule has 23 heavy (non-hydrogen) atoms. The molecule has 1 atom stereocenters. The van der Waals surface area contributed by atoms with Crippen molar-refractivity contribution in [3.63, 3.8) is 0 Å². The number of hydrogen-bond donors (Lipinski definition) is 0. The molecule has 5 nitrogen and oxygen atoms in total. The van der Waals surface area contributed by atoms with Crippen LogP contribution < -0.4 is 9.64 Å². The van der Waals surface area contributed by atoms with Crippen LogP contribution in [0.2, 0.25) is 0 Å². The fraction of sp³-hybridized carbons (Fsp3) is 0.417. The highest BCUT2D eigenvalue weighted by Gasteiger charge is 2.35. The summed E-state index contributed by atoms with van der Waals surface area (Å²) in [5.74, 6) is -1.78. The van der Waals surface area contributed by atoms with Crippen LogP contribution in [0.25, 0.3) is 0 Å². The molecular weight excluding hydrogens is 427 g/mol. The van der Waals surface area contributed by atoms with Gasteiger partial charge in [0.15, 0.2) is 0 Å². The highest BCUT2D eigenvalue weighted by molar-refractivity contribution is 9.10. The van der Waals surface area contributed by atoms with Crippen molar-refractivity contribution in [2.45, 2.75) is 12.8 Å². The number of hydrogen-bond acceptors (Lipinski definition) is 4. The number of ether oxygens (including phenoxy) is 1. The van der Waals surface area contributed by atoms with Crippen LogP contribution in [0.4, 0.5) is 18.9 Å². The third kappa shape index (κ3) is 5.25. The van der Waals surface area contributed by atoms with Gasteiger partial charge in [-0.25, -0.2) is 8.42 Å². The number of benzene rings is 1. The molecule has 11 heteroatoms. The molecule has 0 saturated carbocycles. The predicted molar refractivity (Wildman–Crippen MR) is 80.9 cm³/mol. The van der Waals surface area contributed by atoms with E-state index in [9.17, 15) is 26.4 Å². The first-order valence-corrected chi connectivity index (χ1v) is 9.50. The van der Waals surface area contributed by atoms with Gasteiger partial charge in [-0.15, -0.1) is 13.2 Å². The minimum Gasteiger partial charge on any atom is -0.406 e. The molecule has 0 bridgehead atoms. The van der Waals surface area contributed by atoms with E-state index in [2.05, 4.69) is 20.7 Å². The van der Waals surface area contributed by atoms with Crippen LogP contribution in [0.1, 0.15) is 6.42 Å². The molecule has 1 amide bonds. The van der Waals surface area contributed by atoms with Gasteiger partial charge in [0.2, 0.25) is 15.0 Å². The lowest BCUT2D eigenvalue weighted by Gasteiger charge is -2.19. The van der Waals surface area contributed by atoms with Crippen molar-refractivity contribution in [2.75, 3.05) is 17.2 Å². The van der Waals surface area contributed by atoms with Gasteiger partial charge in [-0.1, -0.05) is 0 Å². The summed E-state index contributed by atoms with van der Waals surface area (Å²) in [4.78, 5) is 13.2. The van der Waals surface area contributed by atoms with E-state index < -0.39 is 33.0 Å². The highest BCUT2D eigenvalue weighted by Crippen LogP contribution is 2.36. The average molecular weight is 437 g/mol. The third-order valence-electron chi connectivity index (χ3n) is 3.08. The Hall–Kier alpha value is -1.00. The van der Waals surface area contributed by atoms with E-state index in [4.69, 9.17) is 10.7 Å². The number of amides is 1. The number of carbonyl (C=O) groups is 1. The Morgan fingerprint density at radius 2 is 2.04 bits per heavy atom. The number of anilines is 1. The minimum atomic E-state index is -4.85. The number of nitrogens with zero attached hydrogens (tertiary/aromatic N) is 1. The Balaban J connectivity index is 2.24. The number of carbonyl (C=O) groups excluding carboxylic acids is 1. The van der Waals surface area contributed by atoms with Gasteiger partial charge < -0.3 is 9.64 Å². The molecule has 1 unspecified atom stereocenters. The van der Waals surface area contributed by atoms with E-state index >= 15 is 0 Å². The summed E-state index contributed by atoms with van der Waals surface area (Å²) in [6.45, 7) is 0.0405. The molecule has 1 aromatic carbocycles. The molecule has 128 valence electrons. The summed E-state index contributed by atoms with van der Waals surface area (Å²) >= 11 is 3.15. The number of rotatable bonds is 4. The molecule has 1 aliphatic heterocycles. The van der Waals surface area contributed by atoms with Crippen molar-refractivity contribution >= 4 is 47.3 Å². The van der Waals surface area contributed by atoms with Crippen LogP contribution in [-0.2, 0) is 13.8 Å².